The third-order valence-electron chi connectivity index (χ3n) is 6.18. The minimum atomic E-state index is -0.724. The Balaban J connectivity index is 1.68. The van der Waals surface area contributed by atoms with Crippen LogP contribution < -0.4 is 5.56 Å². The Morgan fingerprint density at radius 1 is 1.19 bits per heavy atom. The zero-order chi connectivity index (χ0) is 22.2. The normalized spacial score (nSPS) is 18.8. The molecule has 2 aromatic heterocycles. The van der Waals surface area contributed by atoms with E-state index in [0.717, 1.165) is 33.2 Å². The van der Waals surface area contributed by atoms with E-state index in [9.17, 15) is 9.90 Å². The molecule has 0 bridgehead atoms. The molecule has 0 radical (unpaired) electrons. The van der Waals surface area contributed by atoms with Crippen molar-refractivity contribution in [3.05, 3.63) is 88.7 Å². The fraction of sp³-hybridized carbons (Fsp3) is 0.269. The average molecular weight is 428 g/mol. The summed E-state index contributed by atoms with van der Waals surface area (Å²) in [6.45, 7) is 6.68. The van der Waals surface area contributed by atoms with Crippen molar-refractivity contribution < 1.29 is 9.84 Å². The summed E-state index contributed by atoms with van der Waals surface area (Å²) in [6, 6.07) is 13.7. The average Bonchev–Trinajstić information content (AvgIpc) is 2.81. The molecule has 0 spiro atoms. The second-order valence-corrected chi connectivity index (χ2v) is 8.44. The summed E-state index contributed by atoms with van der Waals surface area (Å²) < 4.78 is 6.90. The van der Waals surface area contributed by atoms with Gasteiger partial charge in [0.1, 0.15) is 0 Å². The number of ether oxygens (including phenoxy) is 1. The Hall–Kier alpha value is -3.35. The van der Waals surface area contributed by atoms with E-state index in [0.29, 0.717) is 30.4 Å². The third kappa shape index (κ3) is 3.61. The predicted octanol–water partition coefficient (Wildman–Crippen LogP) is 3.89. The number of allylic oxidation sites excluding steroid dienone is 1. The smallest absolute Gasteiger partial charge is 0.261 e. The molecule has 0 unspecified atom stereocenters. The number of rotatable bonds is 4. The van der Waals surface area contributed by atoms with Crippen molar-refractivity contribution in [3.63, 3.8) is 0 Å². The molecule has 4 aromatic rings. The lowest BCUT2D eigenvalue weighted by Crippen LogP contribution is -2.39. The van der Waals surface area contributed by atoms with E-state index >= 15 is 0 Å². The van der Waals surface area contributed by atoms with Gasteiger partial charge in [0.05, 0.1) is 41.7 Å². The van der Waals surface area contributed by atoms with Gasteiger partial charge in [-0.1, -0.05) is 30.8 Å². The van der Waals surface area contributed by atoms with Crippen LogP contribution in [0, 0.1) is 0 Å². The van der Waals surface area contributed by atoms with Gasteiger partial charge in [-0.25, -0.2) is 4.98 Å². The van der Waals surface area contributed by atoms with E-state index in [-0.39, 0.29) is 18.2 Å². The number of pyridine rings is 1. The Labute approximate surface area is 185 Å². The van der Waals surface area contributed by atoms with Crippen LogP contribution in [0.25, 0.3) is 27.2 Å². The van der Waals surface area contributed by atoms with E-state index in [1.807, 2.05) is 43.3 Å². The molecule has 2 atom stereocenters. The summed E-state index contributed by atoms with van der Waals surface area (Å²) >= 11 is 0. The molecule has 162 valence electrons. The second kappa shape index (κ2) is 8.30. The van der Waals surface area contributed by atoms with Gasteiger partial charge in [0.15, 0.2) is 0 Å². The molecule has 5 rings (SSSR count). The number of hydrogen-bond acceptors (Lipinski definition) is 5. The molecule has 1 aliphatic rings. The van der Waals surface area contributed by atoms with Crippen molar-refractivity contribution in [2.24, 2.45) is 0 Å². The van der Waals surface area contributed by atoms with Gasteiger partial charge in [-0.3, -0.25) is 14.3 Å². The minimum Gasteiger partial charge on any atom is -0.389 e. The maximum atomic E-state index is 13.5. The van der Waals surface area contributed by atoms with E-state index in [1.165, 1.54) is 0 Å². The van der Waals surface area contributed by atoms with Crippen molar-refractivity contribution in [1.82, 2.24) is 14.5 Å². The largest absolute Gasteiger partial charge is 0.389 e. The topological polar surface area (TPSA) is 77.2 Å². The number of benzene rings is 2. The SMILES string of the molecule is C=C(C)c1cc(Cc2cc3c(=O)n([C@H]4CCOC[C@@H]4O)cnc3c3ccccc23)ccn1. The maximum Gasteiger partial charge on any atom is 0.261 e. The number of nitrogens with zero attached hydrogens (tertiary/aromatic N) is 3. The Kier molecular flexibility index (Phi) is 5.33. The molecule has 1 N–H and O–H groups in total. The Morgan fingerprint density at radius 3 is 2.78 bits per heavy atom. The third-order valence-corrected chi connectivity index (χ3v) is 6.18. The van der Waals surface area contributed by atoms with Crippen molar-refractivity contribution in [1.29, 1.82) is 0 Å². The van der Waals surface area contributed by atoms with Gasteiger partial charge < -0.3 is 9.84 Å². The Morgan fingerprint density at radius 2 is 2.00 bits per heavy atom. The summed E-state index contributed by atoms with van der Waals surface area (Å²) in [7, 11) is 0. The van der Waals surface area contributed by atoms with Crippen molar-refractivity contribution in [2.75, 3.05) is 13.2 Å². The first-order valence-corrected chi connectivity index (χ1v) is 10.8. The van der Waals surface area contributed by atoms with Gasteiger partial charge in [-0.15, -0.1) is 0 Å². The molecule has 3 heterocycles. The number of hydrogen-bond donors (Lipinski definition) is 1. The standard InChI is InChI=1S/C26H25N3O3/c1-16(2)22-12-17(7-9-27-22)11-18-13-21-25(20-6-4-3-5-19(18)20)28-15-29(26(21)31)23-8-10-32-14-24(23)30/h3-7,9,12-13,15,23-24,30H,1,8,10-11,14H2,2H3/t23-,24-/m0/s1. The predicted molar refractivity (Wildman–Crippen MR) is 126 cm³/mol. The molecular weight excluding hydrogens is 402 g/mol. The fourth-order valence-electron chi connectivity index (χ4n) is 4.50. The molecule has 1 fully saturated rings. The van der Waals surface area contributed by atoms with Crippen LogP contribution >= 0.6 is 0 Å². The highest BCUT2D eigenvalue weighted by atomic mass is 16.5. The number of aliphatic hydroxyl groups excluding tert-OH is 1. The molecule has 0 saturated carbocycles. The van der Waals surface area contributed by atoms with Crippen molar-refractivity contribution in [2.45, 2.75) is 31.9 Å². The van der Waals surface area contributed by atoms with Crippen LogP contribution in [-0.2, 0) is 11.2 Å². The molecule has 6 heteroatoms. The van der Waals surface area contributed by atoms with E-state index < -0.39 is 6.10 Å². The van der Waals surface area contributed by atoms with E-state index in [4.69, 9.17) is 4.74 Å². The first-order valence-electron chi connectivity index (χ1n) is 10.8. The maximum absolute atomic E-state index is 13.5. The highest BCUT2D eigenvalue weighted by molar-refractivity contribution is 6.06. The van der Waals surface area contributed by atoms with Gasteiger partial charge in [-0.05, 0) is 60.1 Å². The van der Waals surface area contributed by atoms with Crippen LogP contribution in [0.15, 0.2) is 66.4 Å². The lowest BCUT2D eigenvalue weighted by molar-refractivity contribution is -0.0395. The lowest BCUT2D eigenvalue weighted by atomic mass is 9.95. The summed E-state index contributed by atoms with van der Waals surface area (Å²) in [6.07, 6.45) is 3.88. The lowest BCUT2D eigenvalue weighted by Gasteiger charge is -2.29. The molecule has 0 amide bonds. The zero-order valence-electron chi connectivity index (χ0n) is 18.0. The van der Waals surface area contributed by atoms with Gasteiger partial charge in [0, 0.05) is 18.2 Å². The first kappa shape index (κ1) is 20.5. The van der Waals surface area contributed by atoms with Crippen molar-refractivity contribution in [3.8, 4) is 0 Å². The van der Waals surface area contributed by atoms with Gasteiger partial charge in [-0.2, -0.15) is 0 Å². The number of aromatic nitrogens is 3. The fourth-order valence-corrected chi connectivity index (χ4v) is 4.50. The monoisotopic (exact) mass is 427 g/mol. The summed E-state index contributed by atoms with van der Waals surface area (Å²) in [4.78, 5) is 22.5. The first-order chi connectivity index (χ1) is 15.5. The molecule has 32 heavy (non-hydrogen) atoms. The zero-order valence-corrected chi connectivity index (χ0v) is 18.0. The molecular formula is C26H25N3O3. The van der Waals surface area contributed by atoms with Crippen LogP contribution in [0.4, 0.5) is 0 Å². The van der Waals surface area contributed by atoms with Crippen LogP contribution in [0.1, 0.15) is 36.2 Å². The van der Waals surface area contributed by atoms with Gasteiger partial charge in [0.25, 0.3) is 5.56 Å². The van der Waals surface area contributed by atoms with Gasteiger partial charge in [0.2, 0.25) is 0 Å². The van der Waals surface area contributed by atoms with Crippen LogP contribution in [0.3, 0.4) is 0 Å². The number of aliphatic hydroxyl groups is 1. The summed E-state index contributed by atoms with van der Waals surface area (Å²) in [5, 5.41) is 13.0. The van der Waals surface area contributed by atoms with Crippen LogP contribution in [-0.4, -0.2) is 39.0 Å². The summed E-state index contributed by atoms with van der Waals surface area (Å²) in [5.74, 6) is 0. The highest BCUT2D eigenvalue weighted by Gasteiger charge is 2.27. The molecule has 6 nitrogen and oxygen atoms in total. The van der Waals surface area contributed by atoms with Gasteiger partial charge >= 0.3 is 0 Å². The molecule has 2 aromatic carbocycles. The quantitative estimate of drug-likeness (QED) is 0.500. The second-order valence-electron chi connectivity index (χ2n) is 8.44. The van der Waals surface area contributed by atoms with E-state index in [1.54, 1.807) is 17.1 Å². The highest BCUT2D eigenvalue weighted by Crippen LogP contribution is 2.29. The van der Waals surface area contributed by atoms with E-state index in [2.05, 4.69) is 22.6 Å². The minimum absolute atomic E-state index is 0.134. The van der Waals surface area contributed by atoms with Crippen LogP contribution in [0.2, 0.25) is 0 Å². The molecule has 1 aliphatic heterocycles. The number of fused-ring (bicyclic) bond motifs is 3. The molecule has 0 aliphatic carbocycles. The van der Waals surface area contributed by atoms with Crippen molar-refractivity contribution >= 4 is 27.2 Å². The molecule has 1 saturated heterocycles. The van der Waals surface area contributed by atoms with Crippen LogP contribution in [0.5, 0.6) is 0 Å². The summed E-state index contributed by atoms with van der Waals surface area (Å²) in [5.41, 5.74) is 4.49. The Bertz CT molecular complexity index is 1390.